The van der Waals surface area contributed by atoms with E-state index in [-0.39, 0.29) is 38.8 Å². The molecule has 0 spiro atoms. The Morgan fingerprint density at radius 1 is 0.946 bits per heavy atom. The first kappa shape index (κ1) is 39.9. The van der Waals surface area contributed by atoms with Crippen LogP contribution in [0.4, 0.5) is 19.9 Å². The van der Waals surface area contributed by atoms with Crippen LogP contribution in [-0.4, -0.2) is 68.1 Å². The molecule has 6 aromatic rings. The minimum Gasteiger partial charge on any atom is -0.506 e. The number of halogens is 2. The number of nitrogens with one attached hydrogen (secondary N) is 2. The van der Waals surface area contributed by atoms with Gasteiger partial charge < -0.3 is 34.9 Å². The lowest BCUT2D eigenvalue weighted by atomic mass is 9.82. The lowest BCUT2D eigenvalue weighted by molar-refractivity contribution is 0.0837. The third kappa shape index (κ3) is 7.94. The summed E-state index contributed by atoms with van der Waals surface area (Å²) in [5.74, 6) is -0.174. The minimum atomic E-state index is -0.935. The molecule has 1 unspecified atom stereocenters. The third-order valence-corrected chi connectivity index (χ3v) is 11.1. The molecule has 5 N–H and O–H groups in total. The summed E-state index contributed by atoms with van der Waals surface area (Å²) < 4.78 is 7.27. The average Bonchev–Trinajstić information content (AvgIpc) is 3.49. The van der Waals surface area contributed by atoms with Crippen LogP contribution in [-0.2, 0) is 19.5 Å². The quantitative estimate of drug-likeness (QED) is 0.0983. The van der Waals surface area contributed by atoms with E-state index < -0.39 is 18.0 Å². The van der Waals surface area contributed by atoms with Crippen molar-refractivity contribution >= 4 is 33.8 Å². The van der Waals surface area contributed by atoms with E-state index in [1.807, 2.05) is 60.7 Å². The Morgan fingerprint density at radius 2 is 1.71 bits per heavy atom. The highest BCUT2D eigenvalue weighted by atomic mass is 19.0. The second kappa shape index (κ2) is 16.9. The monoisotopic (exact) mass is 769 g/mol. The van der Waals surface area contributed by atoms with E-state index in [2.05, 4.69) is 21.3 Å². The molecule has 4 aromatic carbocycles. The van der Waals surface area contributed by atoms with Gasteiger partial charge in [0.1, 0.15) is 5.75 Å². The number of hydrogen-bond donors (Lipinski definition) is 5. The molecule has 2 aromatic heterocycles. The summed E-state index contributed by atoms with van der Waals surface area (Å²) in [6.07, 6.45) is 1.47. The van der Waals surface area contributed by atoms with Crippen LogP contribution in [0.15, 0.2) is 105 Å². The van der Waals surface area contributed by atoms with Crippen molar-refractivity contribution in [3.05, 3.63) is 129 Å². The van der Waals surface area contributed by atoms with E-state index >= 15 is 0 Å². The van der Waals surface area contributed by atoms with Gasteiger partial charge in [0.25, 0.3) is 0 Å². The number of hydrogen-bond acceptors (Lipinski definition) is 8. The van der Waals surface area contributed by atoms with Gasteiger partial charge in [0, 0.05) is 43.2 Å². The highest BCUT2D eigenvalue weighted by molar-refractivity contribution is 5.94. The Bertz CT molecular complexity index is 2440. The number of H-pyrrole nitrogens is 1. The molecule has 56 heavy (non-hydrogen) atoms. The number of carbonyl (C=O) groups is 1. The van der Waals surface area contributed by atoms with Crippen LogP contribution in [0.5, 0.6) is 5.75 Å². The number of aryl methyl sites for hydroxylation is 2. The molecule has 2 atom stereocenters. The summed E-state index contributed by atoms with van der Waals surface area (Å²) in [4.78, 5) is 44.3. The fraction of sp³-hybridized carbons (Fsp3) is 0.310. The number of phenolic OH excluding ortho intramolecular Hbond substituents is 1. The van der Waals surface area contributed by atoms with E-state index in [0.29, 0.717) is 59.6 Å². The standard InChI is InChI=1S/C42H43N5O7.2FH/c48-36-14-11-31(32-12-15-39(50)44-40(32)36)37(49)24-43-23-27-9-13-33-38(22-27)54-42(53)46(33)18-4-5-26-8-10-30(28-6-2-1-3-7-28)34(21-26)47(41(51)52)35-25-45-19-16-29(35)17-20-45;;/h1-3,6-15,21-22,29,35,37,43,48-49H,4-5,16-20,23-25H2,(H,44,50)(H,51,52);2*1H/t35?,37-;;/m0../s1. The van der Waals surface area contributed by atoms with Crippen LogP contribution < -0.4 is 21.5 Å². The molecule has 3 aliphatic rings. The van der Waals surface area contributed by atoms with Crippen LogP contribution >= 0.6 is 0 Å². The number of nitrogens with zero attached hydrogens (tertiary/aromatic N) is 3. The van der Waals surface area contributed by atoms with E-state index in [1.54, 1.807) is 21.6 Å². The predicted molar refractivity (Wildman–Crippen MR) is 212 cm³/mol. The molecule has 0 aliphatic carbocycles. The van der Waals surface area contributed by atoms with Gasteiger partial charge in [-0.05, 0) is 97.3 Å². The Labute approximate surface area is 320 Å². The molecular formula is C42H45F2N5O7. The zero-order valence-corrected chi connectivity index (χ0v) is 30.6. The first-order valence-corrected chi connectivity index (χ1v) is 18.5. The number of fused-ring (bicyclic) bond motifs is 5. The van der Waals surface area contributed by atoms with Gasteiger partial charge in [-0.1, -0.05) is 54.6 Å². The first-order valence-electron chi connectivity index (χ1n) is 18.5. The topological polar surface area (TPSA) is 164 Å². The van der Waals surface area contributed by atoms with E-state index in [9.17, 15) is 29.7 Å². The summed E-state index contributed by atoms with van der Waals surface area (Å²) in [6.45, 7) is 3.83. The van der Waals surface area contributed by atoms with E-state index in [4.69, 9.17) is 4.42 Å². The number of aromatic nitrogens is 2. The van der Waals surface area contributed by atoms with Crippen molar-refractivity contribution in [2.24, 2.45) is 5.92 Å². The van der Waals surface area contributed by atoms with Crippen molar-refractivity contribution in [2.45, 2.75) is 50.9 Å². The Kier molecular flexibility index (Phi) is 12.0. The number of aliphatic hydroxyl groups excluding tert-OH is 1. The molecular weight excluding hydrogens is 724 g/mol. The van der Waals surface area contributed by atoms with Crippen molar-refractivity contribution in [2.75, 3.05) is 31.1 Å². The minimum absolute atomic E-state index is 0. The van der Waals surface area contributed by atoms with Gasteiger partial charge in [0.15, 0.2) is 5.58 Å². The maximum absolute atomic E-state index is 13.0. The molecule has 0 radical (unpaired) electrons. The van der Waals surface area contributed by atoms with Gasteiger partial charge in [0.2, 0.25) is 5.56 Å². The Hall–Kier alpha value is -5.83. The summed E-state index contributed by atoms with van der Waals surface area (Å²) in [5.41, 5.74) is 6.10. The molecule has 0 saturated carbocycles. The number of pyridine rings is 1. The number of aromatic hydroxyl groups is 1. The van der Waals surface area contributed by atoms with Gasteiger partial charge in [0.05, 0.1) is 28.9 Å². The van der Waals surface area contributed by atoms with Gasteiger partial charge in [-0.25, -0.2) is 9.59 Å². The second-order valence-electron chi connectivity index (χ2n) is 14.4. The maximum atomic E-state index is 13.0. The van der Waals surface area contributed by atoms with Crippen LogP contribution in [0.3, 0.4) is 0 Å². The molecule has 3 aliphatic heterocycles. The number of oxazole rings is 1. The molecule has 2 bridgehead atoms. The van der Waals surface area contributed by atoms with E-state index in [1.165, 1.54) is 12.1 Å². The van der Waals surface area contributed by atoms with Crippen molar-refractivity contribution < 1.29 is 33.9 Å². The molecule has 3 fully saturated rings. The number of aliphatic hydroxyl groups is 1. The van der Waals surface area contributed by atoms with E-state index in [0.717, 1.165) is 54.7 Å². The summed E-state index contributed by atoms with van der Waals surface area (Å²) in [7, 11) is 0. The van der Waals surface area contributed by atoms with Gasteiger partial charge in [-0.3, -0.25) is 23.7 Å². The highest BCUT2D eigenvalue weighted by Crippen LogP contribution is 2.39. The number of benzene rings is 4. The zero-order chi connectivity index (χ0) is 37.3. The number of carboxylic acid groups (broad SMARTS) is 1. The van der Waals surface area contributed by atoms with Gasteiger partial charge in [-0.15, -0.1) is 0 Å². The largest absolute Gasteiger partial charge is 0.506 e. The maximum Gasteiger partial charge on any atom is 0.419 e. The highest BCUT2D eigenvalue weighted by Gasteiger charge is 2.41. The molecule has 9 rings (SSSR count). The molecule has 294 valence electrons. The number of piperidine rings is 3. The normalized spacial score (nSPS) is 18.0. The van der Waals surface area contributed by atoms with Gasteiger partial charge >= 0.3 is 11.8 Å². The van der Waals surface area contributed by atoms with Crippen LogP contribution in [0.25, 0.3) is 33.1 Å². The first-order chi connectivity index (χ1) is 26.2. The van der Waals surface area contributed by atoms with Crippen molar-refractivity contribution in [3.8, 4) is 16.9 Å². The smallest absolute Gasteiger partial charge is 0.419 e. The number of anilines is 1. The summed E-state index contributed by atoms with van der Waals surface area (Å²) >= 11 is 0. The predicted octanol–water partition coefficient (Wildman–Crippen LogP) is 6.15. The number of amides is 1. The van der Waals surface area contributed by atoms with Crippen LogP contribution in [0.2, 0.25) is 0 Å². The van der Waals surface area contributed by atoms with Crippen LogP contribution in [0.1, 0.15) is 42.1 Å². The second-order valence-corrected chi connectivity index (χ2v) is 14.4. The molecule has 5 heterocycles. The molecule has 12 nitrogen and oxygen atoms in total. The summed E-state index contributed by atoms with van der Waals surface area (Å²) in [6, 6.07) is 27.5. The molecule has 14 heteroatoms. The number of rotatable bonds is 12. The fourth-order valence-corrected chi connectivity index (χ4v) is 8.33. The molecule has 3 saturated heterocycles. The number of phenols is 1. The zero-order valence-electron chi connectivity index (χ0n) is 30.6. The fourth-order valence-electron chi connectivity index (χ4n) is 8.33. The van der Waals surface area contributed by atoms with Crippen molar-refractivity contribution in [1.82, 2.24) is 19.8 Å². The Balaban J connectivity index is 0.00000266. The number of aromatic amines is 1. The average molecular weight is 770 g/mol. The Morgan fingerprint density at radius 3 is 2.45 bits per heavy atom. The van der Waals surface area contributed by atoms with Crippen LogP contribution in [0, 0.1) is 5.92 Å². The third-order valence-electron chi connectivity index (χ3n) is 11.1. The van der Waals surface area contributed by atoms with Crippen molar-refractivity contribution in [1.29, 1.82) is 0 Å². The lowest BCUT2D eigenvalue weighted by Crippen LogP contribution is -2.59. The summed E-state index contributed by atoms with van der Waals surface area (Å²) in [5, 5.41) is 35.5. The SMILES string of the molecule is F.F.O=C(O)N(c1cc(CCCn2c(=O)oc3cc(CNC[C@H](O)c4ccc(O)c5[nH]c(=O)ccc45)ccc32)ccc1-c1ccccc1)C1CN2CCC1CC2. The van der Waals surface area contributed by atoms with Crippen molar-refractivity contribution in [3.63, 3.8) is 0 Å². The van der Waals surface area contributed by atoms with Gasteiger partial charge in [-0.2, -0.15) is 0 Å². The lowest BCUT2D eigenvalue weighted by Gasteiger charge is -2.48. The molecule has 1 amide bonds.